The summed E-state index contributed by atoms with van der Waals surface area (Å²) in [5.74, 6) is 0.124. The molecular weight excluding hydrogens is 338 g/mol. The van der Waals surface area contributed by atoms with Crippen LogP contribution in [0, 0.1) is 11.6 Å². The highest BCUT2D eigenvalue weighted by Gasteiger charge is 2.32. The highest BCUT2D eigenvalue weighted by Crippen LogP contribution is 2.25. The minimum Gasteiger partial charge on any atom is -0.350 e. The van der Waals surface area contributed by atoms with Crippen LogP contribution in [0.1, 0.15) is 18.3 Å². The van der Waals surface area contributed by atoms with E-state index in [0.717, 1.165) is 42.4 Å². The predicted octanol–water partition coefficient (Wildman–Crippen LogP) is 2.29. The number of benzene rings is 1. The van der Waals surface area contributed by atoms with Gasteiger partial charge in [-0.3, -0.25) is 9.30 Å². The number of aryl methyl sites for hydroxylation is 1. The third-order valence-corrected chi connectivity index (χ3v) is 4.90. The molecule has 1 saturated heterocycles. The van der Waals surface area contributed by atoms with Crippen molar-refractivity contribution >= 4 is 11.5 Å². The Kier molecular flexibility index (Phi) is 4.28. The number of anilines is 1. The Labute approximate surface area is 150 Å². The van der Waals surface area contributed by atoms with Crippen LogP contribution in [0.25, 0.3) is 5.65 Å². The minimum atomic E-state index is -0.815. The first-order valence-electron chi connectivity index (χ1n) is 8.64. The fourth-order valence-electron chi connectivity index (χ4n) is 3.29. The molecule has 6 nitrogen and oxygen atoms in total. The monoisotopic (exact) mass is 358 g/mol. The quantitative estimate of drug-likeness (QED) is 0.700. The van der Waals surface area contributed by atoms with Crippen molar-refractivity contribution in [2.75, 3.05) is 25.0 Å². The van der Waals surface area contributed by atoms with Crippen LogP contribution in [0.3, 0.4) is 0 Å². The Hall–Kier alpha value is -2.61. The zero-order valence-electron chi connectivity index (χ0n) is 14.7. The molecule has 0 amide bonds. The third-order valence-electron chi connectivity index (χ3n) is 4.90. The second-order valence-electron chi connectivity index (χ2n) is 6.64. The number of hydrogen-bond acceptors (Lipinski definition) is 5. The van der Waals surface area contributed by atoms with Crippen LogP contribution in [0.5, 0.6) is 0 Å². The lowest BCUT2D eigenvalue weighted by Crippen LogP contribution is -2.58. The van der Waals surface area contributed by atoms with Crippen LogP contribution >= 0.6 is 0 Å². The molecule has 1 fully saturated rings. The van der Waals surface area contributed by atoms with Gasteiger partial charge in [0, 0.05) is 44.5 Å². The molecule has 1 aliphatic heterocycles. The van der Waals surface area contributed by atoms with E-state index in [-0.39, 0.29) is 0 Å². The van der Waals surface area contributed by atoms with Gasteiger partial charge in [0.05, 0.1) is 0 Å². The van der Waals surface area contributed by atoms with E-state index >= 15 is 0 Å². The summed E-state index contributed by atoms with van der Waals surface area (Å²) in [6, 6.07) is 4.37. The number of halogens is 2. The number of hydrogen-bond donors (Lipinski definition) is 0. The Balaban J connectivity index is 1.43. The summed E-state index contributed by atoms with van der Waals surface area (Å²) in [5, 5.41) is 8.48. The normalized spacial score (nSPS) is 15.0. The van der Waals surface area contributed by atoms with E-state index in [9.17, 15) is 8.78 Å². The van der Waals surface area contributed by atoms with E-state index < -0.39 is 11.6 Å². The lowest BCUT2D eigenvalue weighted by Gasteiger charge is -2.44. The zero-order chi connectivity index (χ0) is 18.3. The fourth-order valence-corrected chi connectivity index (χ4v) is 3.29. The van der Waals surface area contributed by atoms with Crippen LogP contribution in [0.15, 0.2) is 30.6 Å². The molecular formula is C18H20F2N6. The molecule has 0 N–H and O–H groups in total. The van der Waals surface area contributed by atoms with Crippen LogP contribution in [0.2, 0.25) is 0 Å². The highest BCUT2D eigenvalue weighted by molar-refractivity contribution is 5.65. The van der Waals surface area contributed by atoms with Crippen molar-refractivity contribution in [3.63, 3.8) is 0 Å². The second-order valence-corrected chi connectivity index (χ2v) is 6.64. The van der Waals surface area contributed by atoms with E-state index in [1.54, 1.807) is 12.3 Å². The Morgan fingerprint density at radius 2 is 2.00 bits per heavy atom. The first-order valence-corrected chi connectivity index (χ1v) is 8.64. The molecule has 2 aromatic heterocycles. The molecule has 0 unspecified atom stereocenters. The van der Waals surface area contributed by atoms with Gasteiger partial charge in [0.1, 0.15) is 5.82 Å². The van der Waals surface area contributed by atoms with Crippen LogP contribution in [0.4, 0.5) is 14.6 Å². The lowest BCUT2D eigenvalue weighted by atomic mass is 10.1. The van der Waals surface area contributed by atoms with Crippen molar-refractivity contribution in [2.45, 2.75) is 25.9 Å². The molecule has 0 saturated carbocycles. The minimum absolute atomic E-state index is 0.318. The summed E-state index contributed by atoms with van der Waals surface area (Å²) in [6.07, 6.45) is 4.46. The Morgan fingerprint density at radius 1 is 1.19 bits per heavy atom. The van der Waals surface area contributed by atoms with Gasteiger partial charge in [0.15, 0.2) is 17.5 Å². The Morgan fingerprint density at radius 3 is 2.73 bits per heavy atom. The van der Waals surface area contributed by atoms with Gasteiger partial charge in [-0.15, -0.1) is 10.2 Å². The largest absolute Gasteiger partial charge is 0.350 e. The summed E-state index contributed by atoms with van der Waals surface area (Å²) in [4.78, 5) is 8.77. The summed E-state index contributed by atoms with van der Waals surface area (Å²) in [5.41, 5.74) is 1.53. The molecule has 0 bridgehead atoms. The van der Waals surface area contributed by atoms with Crippen molar-refractivity contribution in [3.8, 4) is 0 Å². The molecule has 0 atom stereocenters. The van der Waals surface area contributed by atoms with Crippen molar-refractivity contribution in [1.82, 2.24) is 24.5 Å². The molecule has 1 aliphatic rings. The van der Waals surface area contributed by atoms with Crippen LogP contribution < -0.4 is 4.90 Å². The van der Waals surface area contributed by atoms with Crippen LogP contribution in [-0.4, -0.2) is 50.7 Å². The molecule has 0 spiro atoms. The molecule has 1 aromatic carbocycles. The number of fused-ring (bicyclic) bond motifs is 1. The first kappa shape index (κ1) is 16.8. The van der Waals surface area contributed by atoms with E-state index in [1.165, 1.54) is 12.1 Å². The molecule has 3 aromatic rings. The summed E-state index contributed by atoms with van der Waals surface area (Å²) < 4.78 is 28.4. The van der Waals surface area contributed by atoms with Crippen molar-refractivity contribution < 1.29 is 8.78 Å². The average Bonchev–Trinajstić information content (AvgIpc) is 3.01. The van der Waals surface area contributed by atoms with Gasteiger partial charge in [-0.05, 0) is 24.7 Å². The molecule has 0 radical (unpaired) electrons. The first-order chi connectivity index (χ1) is 12.6. The van der Waals surface area contributed by atoms with Crippen molar-refractivity contribution in [2.24, 2.45) is 0 Å². The number of aromatic nitrogens is 4. The van der Waals surface area contributed by atoms with Crippen molar-refractivity contribution in [1.29, 1.82) is 0 Å². The average molecular weight is 358 g/mol. The van der Waals surface area contributed by atoms with E-state index in [0.29, 0.717) is 12.6 Å². The van der Waals surface area contributed by atoms with Gasteiger partial charge in [-0.2, -0.15) is 0 Å². The molecule has 0 aliphatic carbocycles. The molecule has 8 heteroatoms. The standard InChI is InChI=1S/C18H20F2N6/c1-3-16-22-23-18-17(21-6-7-26(16)18)25-10-13(11-25)24(2)9-12-4-5-14(19)15(20)8-12/h4-8,13H,3,9-11H2,1-2H3. The van der Waals surface area contributed by atoms with Gasteiger partial charge in [-0.25, -0.2) is 13.8 Å². The van der Waals surface area contributed by atoms with Gasteiger partial charge in [0.25, 0.3) is 0 Å². The number of nitrogens with zero attached hydrogens (tertiary/aromatic N) is 6. The van der Waals surface area contributed by atoms with Gasteiger partial charge < -0.3 is 4.90 Å². The SMILES string of the molecule is CCc1nnc2c(N3CC(N(C)Cc4ccc(F)c(F)c4)C3)nccn12. The number of likely N-dealkylation sites (N-methyl/N-ethyl adjacent to an activating group) is 1. The van der Waals surface area contributed by atoms with E-state index in [1.807, 2.05) is 24.6 Å². The van der Waals surface area contributed by atoms with Gasteiger partial charge in [0.2, 0.25) is 5.65 Å². The molecule has 136 valence electrons. The fraction of sp³-hybridized carbons (Fsp3) is 0.389. The maximum absolute atomic E-state index is 13.4. The summed E-state index contributed by atoms with van der Waals surface area (Å²) in [6.45, 7) is 4.23. The smallest absolute Gasteiger partial charge is 0.203 e. The van der Waals surface area contributed by atoms with E-state index in [4.69, 9.17) is 0 Å². The zero-order valence-corrected chi connectivity index (χ0v) is 14.7. The summed E-state index contributed by atoms with van der Waals surface area (Å²) in [7, 11) is 1.99. The maximum Gasteiger partial charge on any atom is 0.203 e. The van der Waals surface area contributed by atoms with Crippen LogP contribution in [-0.2, 0) is 13.0 Å². The maximum atomic E-state index is 13.4. The van der Waals surface area contributed by atoms with Crippen molar-refractivity contribution in [3.05, 3.63) is 53.6 Å². The highest BCUT2D eigenvalue weighted by atomic mass is 19.2. The van der Waals surface area contributed by atoms with Gasteiger partial charge in [-0.1, -0.05) is 13.0 Å². The number of rotatable bonds is 5. The van der Waals surface area contributed by atoms with Gasteiger partial charge >= 0.3 is 0 Å². The van der Waals surface area contributed by atoms with E-state index in [2.05, 4.69) is 25.0 Å². The topological polar surface area (TPSA) is 49.6 Å². The Bertz CT molecular complexity index is 935. The summed E-state index contributed by atoms with van der Waals surface area (Å²) >= 11 is 0. The molecule has 3 heterocycles. The molecule has 4 rings (SSSR count). The molecule has 26 heavy (non-hydrogen) atoms. The predicted molar refractivity (Wildman–Crippen MR) is 94.0 cm³/mol. The second kappa shape index (κ2) is 6.60. The third kappa shape index (κ3) is 2.90. The lowest BCUT2D eigenvalue weighted by molar-refractivity contribution is 0.196.